The lowest BCUT2D eigenvalue weighted by atomic mass is 9.88. The van der Waals surface area contributed by atoms with Crippen LogP contribution in [0.25, 0.3) is 11.3 Å². The number of rotatable bonds is 3. The fraction of sp³-hybridized carbons (Fsp3) is 0.469. The van der Waals surface area contributed by atoms with Gasteiger partial charge in [0.05, 0.1) is 22.2 Å². The molecule has 3 aromatic rings. The van der Waals surface area contributed by atoms with Gasteiger partial charge in [0, 0.05) is 50.0 Å². The van der Waals surface area contributed by atoms with E-state index < -0.39 is 10.0 Å². The SMILES string of the molecule is Cc1cccc(C)c1-c1cc2nc(n1)NS(=O)(=O)c1cccc(c1)C(=O)N1CCN(CC3CCOC(C)(C)C3)C[C@@H]1CO2. The van der Waals surface area contributed by atoms with Gasteiger partial charge in [-0.05, 0) is 75.8 Å². The van der Waals surface area contributed by atoms with E-state index in [2.05, 4.69) is 33.4 Å². The first-order valence-corrected chi connectivity index (χ1v) is 16.3. The number of aryl methyl sites for hydroxylation is 2. The van der Waals surface area contributed by atoms with Crippen molar-refractivity contribution in [1.29, 1.82) is 0 Å². The van der Waals surface area contributed by atoms with Crippen LogP contribution >= 0.6 is 0 Å². The van der Waals surface area contributed by atoms with Crippen molar-refractivity contribution in [2.45, 2.75) is 57.1 Å². The van der Waals surface area contributed by atoms with E-state index in [0.717, 1.165) is 49.2 Å². The van der Waals surface area contributed by atoms with Crippen molar-refractivity contribution in [3.8, 4) is 17.1 Å². The van der Waals surface area contributed by atoms with Gasteiger partial charge in [-0.3, -0.25) is 9.69 Å². The van der Waals surface area contributed by atoms with Crippen molar-refractivity contribution in [3.63, 3.8) is 0 Å². The number of sulfonamides is 1. The summed E-state index contributed by atoms with van der Waals surface area (Å²) in [6, 6.07) is 13.6. The highest BCUT2D eigenvalue weighted by molar-refractivity contribution is 7.92. The van der Waals surface area contributed by atoms with E-state index in [4.69, 9.17) is 9.47 Å². The molecule has 4 heterocycles. The summed E-state index contributed by atoms with van der Waals surface area (Å²) in [6.07, 6.45) is 2.01. The van der Waals surface area contributed by atoms with Crippen LogP contribution in [-0.4, -0.2) is 85.1 Å². The summed E-state index contributed by atoms with van der Waals surface area (Å²) in [7, 11) is -4.09. The third-order valence-corrected chi connectivity index (χ3v) is 9.95. The minimum atomic E-state index is -4.09. The molecular formula is C32H39N5O5S. The average molecular weight is 606 g/mol. The number of aromatic nitrogens is 2. The molecule has 11 heteroatoms. The third-order valence-electron chi connectivity index (χ3n) is 8.62. The predicted octanol–water partition coefficient (Wildman–Crippen LogP) is 4.29. The number of nitrogens with zero attached hydrogens (tertiary/aromatic N) is 4. The lowest BCUT2D eigenvalue weighted by Gasteiger charge is -2.44. The zero-order valence-corrected chi connectivity index (χ0v) is 26.0. The molecule has 0 aliphatic carbocycles. The molecule has 228 valence electrons. The monoisotopic (exact) mass is 605 g/mol. The highest BCUT2D eigenvalue weighted by Crippen LogP contribution is 2.32. The standard InChI is InChI=1S/C32H39N5O5S/c1-21-7-5-8-22(2)29(21)27-16-28-34-31(33-27)35-43(39,40)26-10-6-9-24(15-26)30(38)37-13-12-36(19-25(37)20-41-28)18-23-11-14-42-32(3,4)17-23/h5-10,15-16,23,25H,11-14,17-20H2,1-4H3,(H,33,34,35)/t23?,25-/m1/s1. The minimum Gasteiger partial charge on any atom is -0.475 e. The lowest BCUT2D eigenvalue weighted by molar-refractivity contribution is -0.0792. The normalized spacial score (nSPS) is 23.5. The second-order valence-electron chi connectivity index (χ2n) is 12.5. The largest absolute Gasteiger partial charge is 0.475 e. The number of hydrogen-bond donors (Lipinski definition) is 1. The Morgan fingerprint density at radius 1 is 1.05 bits per heavy atom. The molecule has 2 saturated heterocycles. The van der Waals surface area contributed by atoms with E-state index >= 15 is 0 Å². The molecule has 4 bridgehead atoms. The number of carbonyl (C=O) groups is 1. The molecule has 2 fully saturated rings. The van der Waals surface area contributed by atoms with E-state index in [1.165, 1.54) is 12.1 Å². The molecule has 10 nitrogen and oxygen atoms in total. The van der Waals surface area contributed by atoms with Crippen LogP contribution in [0.5, 0.6) is 5.88 Å². The lowest BCUT2D eigenvalue weighted by Crippen LogP contribution is -2.58. The summed E-state index contributed by atoms with van der Waals surface area (Å²) in [6.45, 7) is 12.0. The Bertz CT molecular complexity index is 1620. The predicted molar refractivity (Wildman–Crippen MR) is 164 cm³/mol. The number of anilines is 1. The van der Waals surface area contributed by atoms with Gasteiger partial charge < -0.3 is 14.4 Å². The van der Waals surface area contributed by atoms with Crippen LogP contribution in [0.2, 0.25) is 0 Å². The molecule has 1 unspecified atom stereocenters. The van der Waals surface area contributed by atoms with Crippen LogP contribution in [-0.2, 0) is 14.8 Å². The van der Waals surface area contributed by atoms with Crippen molar-refractivity contribution >= 4 is 21.9 Å². The molecule has 2 atom stereocenters. The van der Waals surface area contributed by atoms with Gasteiger partial charge in [0.2, 0.25) is 11.8 Å². The van der Waals surface area contributed by atoms with Gasteiger partial charge in [0.1, 0.15) is 6.61 Å². The number of hydrogen-bond acceptors (Lipinski definition) is 8. The fourth-order valence-corrected chi connectivity index (χ4v) is 7.58. The fourth-order valence-electron chi connectivity index (χ4n) is 6.59. The molecule has 0 radical (unpaired) electrons. The van der Waals surface area contributed by atoms with Crippen LogP contribution < -0.4 is 9.46 Å². The van der Waals surface area contributed by atoms with Crippen molar-refractivity contribution in [3.05, 3.63) is 65.2 Å². The maximum atomic E-state index is 13.8. The Hall–Kier alpha value is -3.54. The van der Waals surface area contributed by atoms with E-state index in [1.807, 2.05) is 36.9 Å². The maximum absolute atomic E-state index is 13.8. The van der Waals surface area contributed by atoms with Gasteiger partial charge in [-0.1, -0.05) is 24.3 Å². The molecule has 1 N–H and O–H groups in total. The highest BCUT2D eigenvalue weighted by atomic mass is 32.2. The van der Waals surface area contributed by atoms with Crippen LogP contribution in [0.3, 0.4) is 0 Å². The molecule has 1 aromatic heterocycles. The van der Waals surface area contributed by atoms with Gasteiger partial charge in [-0.25, -0.2) is 18.1 Å². The molecule has 43 heavy (non-hydrogen) atoms. The Balaban J connectivity index is 1.36. The molecule has 0 spiro atoms. The minimum absolute atomic E-state index is 0.0292. The maximum Gasteiger partial charge on any atom is 0.264 e. The first-order valence-electron chi connectivity index (χ1n) is 14.9. The van der Waals surface area contributed by atoms with E-state index in [-0.39, 0.29) is 40.9 Å². The first kappa shape index (κ1) is 29.5. The molecule has 0 saturated carbocycles. The summed E-state index contributed by atoms with van der Waals surface area (Å²) in [5.41, 5.74) is 3.63. The number of ether oxygens (including phenoxy) is 2. The molecule has 3 aliphatic rings. The van der Waals surface area contributed by atoms with E-state index in [9.17, 15) is 13.2 Å². The smallest absolute Gasteiger partial charge is 0.264 e. The Morgan fingerprint density at radius 3 is 2.58 bits per heavy atom. The zero-order chi connectivity index (χ0) is 30.4. The first-order chi connectivity index (χ1) is 20.5. The summed E-state index contributed by atoms with van der Waals surface area (Å²) in [4.78, 5) is 27.1. The zero-order valence-electron chi connectivity index (χ0n) is 25.2. The highest BCUT2D eigenvalue weighted by Gasteiger charge is 2.35. The Labute approximate surface area is 253 Å². The average Bonchev–Trinajstić information content (AvgIpc) is 2.95. The number of amides is 1. The number of fused-ring (bicyclic) bond motifs is 5. The van der Waals surface area contributed by atoms with Crippen molar-refractivity contribution in [2.75, 3.05) is 44.1 Å². The van der Waals surface area contributed by atoms with E-state index in [0.29, 0.717) is 30.3 Å². The third kappa shape index (κ3) is 6.39. The Kier molecular flexibility index (Phi) is 7.91. The summed E-state index contributed by atoms with van der Waals surface area (Å²) in [5, 5.41) is 0. The summed E-state index contributed by atoms with van der Waals surface area (Å²) >= 11 is 0. The quantitative estimate of drug-likeness (QED) is 0.471. The molecule has 3 aliphatic heterocycles. The number of piperazine rings is 1. The van der Waals surface area contributed by atoms with Crippen molar-refractivity contribution < 1.29 is 22.7 Å². The van der Waals surface area contributed by atoms with Gasteiger partial charge in [0.25, 0.3) is 15.9 Å². The van der Waals surface area contributed by atoms with Crippen molar-refractivity contribution in [1.82, 2.24) is 19.8 Å². The van der Waals surface area contributed by atoms with Crippen LogP contribution in [0.15, 0.2) is 53.4 Å². The molecule has 6 rings (SSSR count). The molecule has 2 aromatic carbocycles. The van der Waals surface area contributed by atoms with Gasteiger partial charge in [-0.2, -0.15) is 4.98 Å². The van der Waals surface area contributed by atoms with Gasteiger partial charge in [0.15, 0.2) is 0 Å². The van der Waals surface area contributed by atoms with Gasteiger partial charge >= 0.3 is 0 Å². The van der Waals surface area contributed by atoms with Crippen molar-refractivity contribution in [2.24, 2.45) is 5.92 Å². The molecule has 1 amide bonds. The Morgan fingerprint density at radius 2 is 1.81 bits per heavy atom. The summed E-state index contributed by atoms with van der Waals surface area (Å²) < 4.78 is 41.6. The van der Waals surface area contributed by atoms with E-state index in [1.54, 1.807) is 18.2 Å². The number of carbonyl (C=O) groups excluding carboxylic acids is 1. The summed E-state index contributed by atoms with van der Waals surface area (Å²) in [5.74, 6) is 0.451. The van der Waals surface area contributed by atoms with Gasteiger partial charge in [-0.15, -0.1) is 0 Å². The van der Waals surface area contributed by atoms with Crippen LogP contribution in [0, 0.1) is 19.8 Å². The number of benzene rings is 2. The topological polar surface area (TPSA) is 114 Å². The molecular weight excluding hydrogens is 566 g/mol. The van der Waals surface area contributed by atoms with Crippen LogP contribution in [0.1, 0.15) is 48.2 Å². The second kappa shape index (κ2) is 11.5. The number of nitrogens with one attached hydrogen (secondary N) is 1. The van der Waals surface area contributed by atoms with Crippen LogP contribution in [0.4, 0.5) is 5.95 Å². The second-order valence-corrected chi connectivity index (χ2v) is 14.2.